The van der Waals surface area contributed by atoms with E-state index in [4.69, 9.17) is 0 Å². The minimum absolute atomic E-state index is 0.307. The smallest absolute Gasteiger partial charge is 0.236 e. The molecule has 0 aromatic rings. The van der Waals surface area contributed by atoms with Crippen LogP contribution >= 0.6 is 0 Å². The van der Waals surface area contributed by atoms with Crippen LogP contribution in [-0.4, -0.2) is 36.5 Å². The highest BCUT2D eigenvalue weighted by atomic mass is 16.2. The Hall–Kier alpha value is -0.570. The fourth-order valence-corrected chi connectivity index (χ4v) is 1.75. The van der Waals surface area contributed by atoms with Gasteiger partial charge in [-0.3, -0.25) is 4.79 Å². The Morgan fingerprint density at radius 1 is 1.36 bits per heavy atom. The van der Waals surface area contributed by atoms with Crippen molar-refractivity contribution in [3.63, 3.8) is 0 Å². The van der Waals surface area contributed by atoms with E-state index in [1.807, 2.05) is 6.92 Å². The van der Waals surface area contributed by atoms with Crippen molar-refractivity contribution in [2.45, 2.75) is 38.6 Å². The van der Waals surface area contributed by atoms with E-state index >= 15 is 0 Å². The average molecular weight is 196 g/mol. The van der Waals surface area contributed by atoms with E-state index in [9.17, 15) is 4.79 Å². The SMILES string of the molecule is CCNCC(=O)N(CC1CC1)C1CC1. The van der Waals surface area contributed by atoms with Crippen molar-refractivity contribution in [3.8, 4) is 0 Å². The molecule has 0 heterocycles. The number of nitrogens with zero attached hydrogens (tertiary/aromatic N) is 1. The number of rotatable bonds is 6. The van der Waals surface area contributed by atoms with E-state index < -0.39 is 0 Å². The molecule has 0 saturated heterocycles. The minimum atomic E-state index is 0.307. The van der Waals surface area contributed by atoms with Crippen molar-refractivity contribution in [1.29, 1.82) is 0 Å². The van der Waals surface area contributed by atoms with Gasteiger partial charge in [0, 0.05) is 12.6 Å². The molecule has 0 unspecified atom stereocenters. The lowest BCUT2D eigenvalue weighted by molar-refractivity contribution is -0.131. The molecule has 2 aliphatic carbocycles. The molecule has 0 spiro atoms. The molecule has 2 saturated carbocycles. The monoisotopic (exact) mass is 196 g/mol. The summed E-state index contributed by atoms with van der Waals surface area (Å²) in [5.74, 6) is 1.13. The Balaban J connectivity index is 1.78. The van der Waals surface area contributed by atoms with Crippen LogP contribution in [0.25, 0.3) is 0 Å². The van der Waals surface area contributed by atoms with Crippen molar-refractivity contribution in [1.82, 2.24) is 10.2 Å². The van der Waals surface area contributed by atoms with E-state index in [1.54, 1.807) is 0 Å². The number of hydrogen-bond acceptors (Lipinski definition) is 2. The van der Waals surface area contributed by atoms with Crippen LogP contribution in [0.1, 0.15) is 32.6 Å². The lowest BCUT2D eigenvalue weighted by Crippen LogP contribution is -2.40. The van der Waals surface area contributed by atoms with E-state index in [1.165, 1.54) is 25.7 Å². The van der Waals surface area contributed by atoms with Crippen LogP contribution < -0.4 is 5.32 Å². The van der Waals surface area contributed by atoms with Crippen LogP contribution in [0.2, 0.25) is 0 Å². The summed E-state index contributed by atoms with van der Waals surface area (Å²) in [5.41, 5.74) is 0. The molecule has 0 bridgehead atoms. The lowest BCUT2D eigenvalue weighted by Gasteiger charge is -2.22. The molecule has 2 aliphatic rings. The van der Waals surface area contributed by atoms with Crippen LogP contribution in [0.3, 0.4) is 0 Å². The third kappa shape index (κ3) is 2.71. The first-order valence-corrected chi connectivity index (χ1v) is 5.81. The van der Waals surface area contributed by atoms with Crippen molar-refractivity contribution in [2.24, 2.45) is 5.92 Å². The second kappa shape index (κ2) is 4.30. The van der Waals surface area contributed by atoms with Gasteiger partial charge in [-0.2, -0.15) is 0 Å². The standard InChI is InChI=1S/C11H20N2O/c1-2-12-7-11(14)13(10-5-6-10)8-9-3-4-9/h9-10,12H,2-8H2,1H3. The Morgan fingerprint density at radius 3 is 2.57 bits per heavy atom. The number of carbonyl (C=O) groups is 1. The molecule has 0 radical (unpaired) electrons. The normalized spacial score (nSPS) is 20.9. The van der Waals surface area contributed by atoms with Gasteiger partial charge in [0.2, 0.25) is 5.91 Å². The molecular formula is C11H20N2O. The predicted octanol–water partition coefficient (Wildman–Crippen LogP) is 0.997. The number of amides is 1. The number of carbonyl (C=O) groups excluding carboxylic acids is 1. The van der Waals surface area contributed by atoms with Gasteiger partial charge in [-0.15, -0.1) is 0 Å². The lowest BCUT2D eigenvalue weighted by atomic mass is 10.3. The molecule has 2 fully saturated rings. The zero-order chi connectivity index (χ0) is 9.97. The van der Waals surface area contributed by atoms with Gasteiger partial charge in [0.25, 0.3) is 0 Å². The maximum atomic E-state index is 11.8. The van der Waals surface area contributed by atoms with Gasteiger partial charge in [-0.25, -0.2) is 0 Å². The van der Waals surface area contributed by atoms with E-state index in [0.29, 0.717) is 18.5 Å². The summed E-state index contributed by atoms with van der Waals surface area (Å²) in [7, 11) is 0. The maximum absolute atomic E-state index is 11.8. The zero-order valence-corrected chi connectivity index (χ0v) is 8.96. The maximum Gasteiger partial charge on any atom is 0.236 e. The molecule has 1 amide bonds. The molecule has 14 heavy (non-hydrogen) atoms. The second-order valence-corrected chi connectivity index (χ2v) is 4.50. The van der Waals surface area contributed by atoms with Crippen molar-refractivity contribution in [2.75, 3.05) is 19.6 Å². The molecule has 1 N–H and O–H groups in total. The molecule has 3 heteroatoms. The Labute approximate surface area is 85.8 Å². The first kappa shape index (κ1) is 9.97. The van der Waals surface area contributed by atoms with Crippen LogP contribution in [0.4, 0.5) is 0 Å². The van der Waals surface area contributed by atoms with Crippen LogP contribution in [0.5, 0.6) is 0 Å². The topological polar surface area (TPSA) is 32.3 Å². The van der Waals surface area contributed by atoms with Crippen LogP contribution in [0, 0.1) is 5.92 Å². The highest BCUT2D eigenvalue weighted by molar-refractivity contribution is 5.79. The summed E-state index contributed by atoms with van der Waals surface area (Å²) in [6, 6.07) is 0.585. The summed E-state index contributed by atoms with van der Waals surface area (Å²) < 4.78 is 0. The van der Waals surface area contributed by atoms with E-state index in [2.05, 4.69) is 10.2 Å². The van der Waals surface area contributed by atoms with Crippen LogP contribution in [-0.2, 0) is 4.79 Å². The number of likely N-dealkylation sites (N-methyl/N-ethyl adjacent to an activating group) is 1. The predicted molar refractivity (Wildman–Crippen MR) is 56.0 cm³/mol. The summed E-state index contributed by atoms with van der Waals surface area (Å²) in [6.07, 6.45) is 5.12. The summed E-state index contributed by atoms with van der Waals surface area (Å²) in [6.45, 7) is 4.47. The minimum Gasteiger partial charge on any atom is -0.338 e. The summed E-state index contributed by atoms with van der Waals surface area (Å²) in [5, 5.41) is 3.11. The Morgan fingerprint density at radius 2 is 2.07 bits per heavy atom. The molecule has 0 aliphatic heterocycles. The van der Waals surface area contributed by atoms with Gasteiger partial charge in [-0.1, -0.05) is 6.92 Å². The summed E-state index contributed by atoms with van der Waals surface area (Å²) in [4.78, 5) is 13.9. The Bertz CT molecular complexity index is 209. The van der Waals surface area contributed by atoms with Gasteiger partial charge in [0.05, 0.1) is 6.54 Å². The molecule has 0 aromatic heterocycles. The van der Waals surface area contributed by atoms with E-state index in [-0.39, 0.29) is 0 Å². The molecule has 2 rings (SSSR count). The zero-order valence-electron chi connectivity index (χ0n) is 8.96. The number of hydrogen-bond donors (Lipinski definition) is 1. The summed E-state index contributed by atoms with van der Waals surface area (Å²) >= 11 is 0. The fourth-order valence-electron chi connectivity index (χ4n) is 1.75. The first-order chi connectivity index (χ1) is 6.81. The number of nitrogens with one attached hydrogen (secondary N) is 1. The molecule has 0 aromatic carbocycles. The quantitative estimate of drug-likeness (QED) is 0.687. The van der Waals surface area contributed by atoms with Crippen LogP contribution in [0.15, 0.2) is 0 Å². The third-order valence-corrected chi connectivity index (χ3v) is 2.99. The van der Waals surface area contributed by atoms with Gasteiger partial charge in [0.15, 0.2) is 0 Å². The molecule has 80 valence electrons. The van der Waals surface area contributed by atoms with Crippen molar-refractivity contribution in [3.05, 3.63) is 0 Å². The van der Waals surface area contributed by atoms with Gasteiger partial charge in [0.1, 0.15) is 0 Å². The molecule has 3 nitrogen and oxygen atoms in total. The third-order valence-electron chi connectivity index (χ3n) is 2.99. The van der Waals surface area contributed by atoms with Gasteiger partial charge >= 0.3 is 0 Å². The Kier molecular flexibility index (Phi) is 3.06. The average Bonchev–Trinajstić information content (AvgIpc) is 3.02. The second-order valence-electron chi connectivity index (χ2n) is 4.50. The molecular weight excluding hydrogens is 176 g/mol. The van der Waals surface area contributed by atoms with Gasteiger partial charge in [-0.05, 0) is 38.1 Å². The van der Waals surface area contributed by atoms with E-state index in [0.717, 1.165) is 19.0 Å². The fraction of sp³-hybridized carbons (Fsp3) is 0.909. The van der Waals surface area contributed by atoms with Gasteiger partial charge < -0.3 is 10.2 Å². The largest absolute Gasteiger partial charge is 0.338 e. The molecule has 0 atom stereocenters. The highest BCUT2D eigenvalue weighted by Crippen LogP contribution is 2.34. The van der Waals surface area contributed by atoms with Crippen molar-refractivity contribution < 1.29 is 4.79 Å². The van der Waals surface area contributed by atoms with Crippen molar-refractivity contribution >= 4 is 5.91 Å². The first-order valence-electron chi connectivity index (χ1n) is 5.81. The highest BCUT2D eigenvalue weighted by Gasteiger charge is 2.35.